The van der Waals surface area contributed by atoms with Gasteiger partial charge in [-0.15, -0.1) is 0 Å². The van der Waals surface area contributed by atoms with Gasteiger partial charge in [-0.1, -0.05) is 125 Å². The first kappa shape index (κ1) is 35.8. The first-order chi connectivity index (χ1) is 30.4. The maximum absolute atomic E-state index is 14.0. The van der Waals surface area contributed by atoms with E-state index in [4.69, 9.17) is 0 Å². The fraction of sp³-hybridized carbons (Fsp3) is 0.214. The summed E-state index contributed by atoms with van der Waals surface area (Å²) in [6.45, 7) is 5.20. The highest BCUT2D eigenvalue weighted by atomic mass is 16.2. The first-order valence-electron chi connectivity index (χ1n) is 22.5. The minimum atomic E-state index is -0.194. The molecule has 0 saturated carbocycles. The Balaban J connectivity index is 1.03. The zero-order valence-corrected chi connectivity index (χ0v) is 34.8. The number of fused-ring (bicyclic) bond motifs is 6. The Kier molecular flexibility index (Phi) is 7.39. The van der Waals surface area contributed by atoms with Crippen molar-refractivity contribution in [2.75, 3.05) is 13.1 Å². The number of unbranched alkanes of at least 4 members (excludes halogenated alkanes) is 6. The molecule has 0 saturated heterocycles. The average molecular weight is 807 g/mol. The Morgan fingerprint density at radius 1 is 0.274 bits per heavy atom. The summed E-state index contributed by atoms with van der Waals surface area (Å²) in [5.41, 5.74) is 2.44. The van der Waals surface area contributed by atoms with E-state index in [-0.39, 0.29) is 23.6 Å². The van der Waals surface area contributed by atoms with Crippen molar-refractivity contribution in [2.45, 2.75) is 65.2 Å². The SMILES string of the molecule is CCCCCCN1C(=O)c2ccc3c4ccc5c6ccc7c8ccc9c%10c(ccc(c%11ccc(c%12ccc(c%13ccc(c2c3%13)C1=O)c4c5%12)c6c7%11)c%108)C(=O)N(CCCCCC)C9=O. The molecule has 2 aliphatic rings. The molecule has 0 spiro atoms. The van der Waals surface area contributed by atoms with E-state index in [1.807, 2.05) is 24.3 Å². The van der Waals surface area contributed by atoms with Gasteiger partial charge in [-0.25, -0.2) is 0 Å². The van der Waals surface area contributed by atoms with Crippen molar-refractivity contribution in [1.82, 2.24) is 9.80 Å². The van der Waals surface area contributed by atoms with Crippen LogP contribution >= 0.6 is 0 Å². The van der Waals surface area contributed by atoms with E-state index in [1.165, 1.54) is 52.9 Å². The van der Waals surface area contributed by atoms with Gasteiger partial charge in [0.25, 0.3) is 23.6 Å². The number of carbonyl (C=O) groups excluding carboxylic acids is 4. The molecule has 62 heavy (non-hydrogen) atoms. The molecule has 6 nitrogen and oxygen atoms in total. The van der Waals surface area contributed by atoms with E-state index in [0.29, 0.717) is 35.3 Å². The van der Waals surface area contributed by atoms with E-state index >= 15 is 0 Å². The van der Waals surface area contributed by atoms with Crippen molar-refractivity contribution in [1.29, 1.82) is 0 Å². The molecule has 6 heteroatoms. The molecule has 0 unspecified atom stereocenters. The van der Waals surface area contributed by atoms with Crippen molar-refractivity contribution in [3.8, 4) is 0 Å². The van der Waals surface area contributed by atoms with Crippen molar-refractivity contribution in [3.63, 3.8) is 0 Å². The van der Waals surface area contributed by atoms with Crippen LogP contribution < -0.4 is 0 Å². The van der Waals surface area contributed by atoms with E-state index in [1.54, 1.807) is 0 Å². The zero-order chi connectivity index (χ0) is 41.7. The minimum absolute atomic E-state index is 0.194. The van der Waals surface area contributed by atoms with Crippen LogP contribution in [0.1, 0.15) is 107 Å². The number of hydrogen-bond acceptors (Lipinski definition) is 4. The third kappa shape index (κ3) is 4.39. The third-order valence-corrected chi connectivity index (χ3v) is 14.8. The lowest BCUT2D eigenvalue weighted by Gasteiger charge is -2.29. The van der Waals surface area contributed by atoms with Crippen molar-refractivity contribution in [3.05, 3.63) is 119 Å². The summed E-state index contributed by atoms with van der Waals surface area (Å²) in [7, 11) is 0. The Hall–Kier alpha value is -6.92. The lowest BCUT2D eigenvalue weighted by atomic mass is 9.80. The van der Waals surface area contributed by atoms with Gasteiger partial charge in [0.1, 0.15) is 0 Å². The highest BCUT2D eigenvalue weighted by Crippen LogP contribution is 2.52. The second-order valence-corrected chi connectivity index (χ2v) is 17.9. The van der Waals surface area contributed by atoms with Crippen LogP contribution in [0.4, 0.5) is 0 Å². The lowest BCUT2D eigenvalue weighted by molar-refractivity contribution is 0.0592. The number of nitrogens with zero attached hydrogens (tertiary/aromatic N) is 2. The largest absolute Gasteiger partial charge is 0.274 e. The summed E-state index contributed by atoms with van der Waals surface area (Å²) < 4.78 is 0. The maximum Gasteiger partial charge on any atom is 0.261 e. The quantitative estimate of drug-likeness (QED) is 0.0597. The fourth-order valence-electron chi connectivity index (χ4n) is 12.0. The topological polar surface area (TPSA) is 74.8 Å². The predicted molar refractivity (Wildman–Crippen MR) is 254 cm³/mol. The fourth-order valence-corrected chi connectivity index (χ4v) is 12.0. The van der Waals surface area contributed by atoms with Gasteiger partial charge in [-0.3, -0.25) is 29.0 Å². The van der Waals surface area contributed by atoms with Gasteiger partial charge in [-0.2, -0.15) is 0 Å². The monoisotopic (exact) mass is 806 g/mol. The molecule has 0 aromatic heterocycles. The van der Waals surface area contributed by atoms with Crippen LogP contribution in [-0.2, 0) is 0 Å². The van der Waals surface area contributed by atoms with Crippen LogP contribution in [0, 0.1) is 0 Å². The molecule has 300 valence electrons. The van der Waals surface area contributed by atoms with Gasteiger partial charge >= 0.3 is 0 Å². The molecule has 0 radical (unpaired) electrons. The van der Waals surface area contributed by atoms with Crippen LogP contribution in [-0.4, -0.2) is 46.5 Å². The summed E-state index contributed by atoms with van der Waals surface area (Å²) in [6, 6.07) is 34.2. The maximum atomic E-state index is 14.0. The second kappa shape index (κ2) is 12.8. The molecule has 0 N–H and O–H groups in total. The number of amides is 4. The van der Waals surface area contributed by atoms with Gasteiger partial charge in [0, 0.05) is 46.1 Å². The molecular formula is C56H42N2O4. The molecular weight excluding hydrogens is 765 g/mol. The molecule has 0 bridgehead atoms. The van der Waals surface area contributed by atoms with Crippen LogP contribution in [0.15, 0.2) is 97.1 Å². The van der Waals surface area contributed by atoms with Gasteiger partial charge in [0.2, 0.25) is 0 Å². The Bertz CT molecular complexity index is 3350. The highest BCUT2D eigenvalue weighted by Gasteiger charge is 2.36. The number of hydrogen-bond donors (Lipinski definition) is 0. The Morgan fingerprint density at radius 2 is 0.484 bits per heavy atom. The molecule has 13 rings (SSSR count). The highest BCUT2D eigenvalue weighted by molar-refractivity contribution is 6.47. The standard InChI is InChI=1S/C56H42N2O4/c1-3-5-7-9-27-57-53(59)41-23-19-37-33-15-11-29-31-13-17-35-39-21-25-43-52-44(56(62)58(55(43)61)28-10-8-6-4-2)26-22-40(50(39)52)36-18-14-32(46(31)48(35)36)30-12-16-34(47(33)45(29)30)38-20-24-42(54(57)60)51(41)49(37)38/h11-26H,3-10,27-28H2,1-2H3. The van der Waals surface area contributed by atoms with Crippen LogP contribution in [0.25, 0.3) is 108 Å². The van der Waals surface area contributed by atoms with E-state index in [2.05, 4.69) is 86.6 Å². The molecule has 11 aromatic carbocycles. The van der Waals surface area contributed by atoms with E-state index in [0.717, 1.165) is 116 Å². The van der Waals surface area contributed by atoms with Gasteiger partial charge < -0.3 is 0 Å². The van der Waals surface area contributed by atoms with Crippen LogP contribution in [0.5, 0.6) is 0 Å². The summed E-state index contributed by atoms with van der Waals surface area (Å²) >= 11 is 0. The average Bonchev–Trinajstić information content (AvgIpc) is 3.30. The number of carbonyl (C=O) groups is 4. The predicted octanol–water partition coefficient (Wildman–Crippen LogP) is 13.9. The molecule has 2 heterocycles. The number of imide groups is 2. The molecule has 4 amide bonds. The smallest absolute Gasteiger partial charge is 0.261 e. The zero-order valence-electron chi connectivity index (χ0n) is 34.8. The van der Waals surface area contributed by atoms with Gasteiger partial charge in [0.05, 0.1) is 0 Å². The molecule has 0 atom stereocenters. The van der Waals surface area contributed by atoms with Crippen LogP contribution in [0.3, 0.4) is 0 Å². The molecule has 2 aliphatic heterocycles. The summed E-state index contributed by atoms with van der Waals surface area (Å²) in [5.74, 6) is -0.777. The van der Waals surface area contributed by atoms with Crippen molar-refractivity contribution >= 4 is 131 Å². The third-order valence-electron chi connectivity index (χ3n) is 14.8. The minimum Gasteiger partial charge on any atom is -0.274 e. The second-order valence-electron chi connectivity index (χ2n) is 17.9. The van der Waals surface area contributed by atoms with Crippen LogP contribution in [0.2, 0.25) is 0 Å². The molecule has 11 aromatic rings. The first-order valence-corrected chi connectivity index (χ1v) is 22.5. The van der Waals surface area contributed by atoms with Crippen molar-refractivity contribution in [2.24, 2.45) is 0 Å². The molecule has 0 aliphatic carbocycles. The van der Waals surface area contributed by atoms with Gasteiger partial charge in [0.15, 0.2) is 0 Å². The summed E-state index contributed by atoms with van der Waals surface area (Å²) in [6.07, 6.45) is 7.99. The van der Waals surface area contributed by atoms with Crippen molar-refractivity contribution < 1.29 is 19.2 Å². The normalized spacial score (nSPS) is 14.7. The number of benzene rings is 11. The Morgan fingerprint density at radius 3 is 0.710 bits per heavy atom. The summed E-state index contributed by atoms with van der Waals surface area (Å²) in [5, 5.41) is 21.7. The van der Waals surface area contributed by atoms with Gasteiger partial charge in [-0.05, 0) is 134 Å². The van der Waals surface area contributed by atoms with E-state index in [9.17, 15) is 19.2 Å². The lowest BCUT2D eigenvalue weighted by Crippen LogP contribution is -2.40. The number of rotatable bonds is 10. The van der Waals surface area contributed by atoms with E-state index < -0.39 is 0 Å². The molecule has 0 fully saturated rings. The summed E-state index contributed by atoms with van der Waals surface area (Å²) in [4.78, 5) is 58.9. The Labute approximate surface area is 356 Å².